The van der Waals surface area contributed by atoms with Crippen LogP contribution in [0.2, 0.25) is 0 Å². The molecule has 0 spiro atoms. The molecule has 134 valence electrons. The Morgan fingerprint density at radius 3 is 2.52 bits per heavy atom. The highest BCUT2D eigenvalue weighted by Gasteiger charge is 2.22. The minimum absolute atomic E-state index is 0.140. The van der Waals surface area contributed by atoms with Crippen LogP contribution in [0, 0.1) is 13.8 Å². The molecule has 1 N–H and O–H groups in total. The molecule has 0 fully saturated rings. The van der Waals surface area contributed by atoms with Crippen molar-refractivity contribution in [2.75, 3.05) is 18.7 Å². The summed E-state index contributed by atoms with van der Waals surface area (Å²) in [5.74, 6) is -1.07. The predicted molar refractivity (Wildman–Crippen MR) is 98.1 cm³/mol. The number of hydrogen-bond donors (Lipinski definition) is 1. The number of rotatable bonds is 5. The van der Waals surface area contributed by atoms with Crippen molar-refractivity contribution in [3.8, 4) is 0 Å². The van der Waals surface area contributed by atoms with E-state index >= 15 is 0 Å². The monoisotopic (exact) mass is 381 g/mol. The molecule has 2 aromatic rings. The quantitative estimate of drug-likeness (QED) is 0.804. The summed E-state index contributed by atoms with van der Waals surface area (Å²) < 4.78 is 27.6. The molecule has 0 atom stereocenters. The molecule has 25 heavy (non-hydrogen) atoms. The molecule has 0 bridgehead atoms. The number of nitrogens with one attached hydrogen (secondary N) is 1. The second kappa shape index (κ2) is 7.37. The van der Waals surface area contributed by atoms with E-state index in [1.54, 1.807) is 25.1 Å². The van der Waals surface area contributed by atoms with Crippen molar-refractivity contribution < 1.29 is 22.7 Å². The van der Waals surface area contributed by atoms with Gasteiger partial charge in [0.1, 0.15) is 5.00 Å². The maximum absolute atomic E-state index is 12.5. The number of thiophene rings is 1. The highest BCUT2D eigenvalue weighted by atomic mass is 32.2. The Bertz CT molecular complexity index is 929. The van der Waals surface area contributed by atoms with Gasteiger partial charge in [0, 0.05) is 16.7 Å². The Balaban J connectivity index is 2.31. The number of carbonyl (C=O) groups excluding carboxylic acids is 2. The number of benzene rings is 1. The minimum Gasteiger partial charge on any atom is -0.465 e. The van der Waals surface area contributed by atoms with Gasteiger partial charge >= 0.3 is 5.97 Å². The molecule has 1 heterocycles. The van der Waals surface area contributed by atoms with Crippen molar-refractivity contribution in [1.82, 2.24) is 0 Å². The lowest BCUT2D eigenvalue weighted by Gasteiger charge is -2.07. The first-order valence-corrected chi connectivity index (χ1v) is 10.3. The molecule has 0 aliphatic carbocycles. The molecule has 8 heteroatoms. The highest BCUT2D eigenvalue weighted by molar-refractivity contribution is 7.89. The van der Waals surface area contributed by atoms with E-state index in [-0.39, 0.29) is 5.75 Å². The first-order valence-electron chi connectivity index (χ1n) is 7.38. The van der Waals surface area contributed by atoms with Crippen LogP contribution in [0.4, 0.5) is 5.00 Å². The molecule has 0 saturated carbocycles. The number of aryl methyl sites for hydroxylation is 1. The lowest BCUT2D eigenvalue weighted by molar-refractivity contribution is 0.0601. The van der Waals surface area contributed by atoms with E-state index < -0.39 is 21.7 Å². The lowest BCUT2D eigenvalue weighted by atomic mass is 10.1. The number of anilines is 1. The third-order valence-electron chi connectivity index (χ3n) is 3.62. The fraction of sp³-hybridized carbons (Fsp3) is 0.294. The Morgan fingerprint density at radius 2 is 1.92 bits per heavy atom. The summed E-state index contributed by atoms with van der Waals surface area (Å²) in [5, 5.41) is 3.14. The van der Waals surface area contributed by atoms with Crippen LogP contribution in [0.15, 0.2) is 24.3 Å². The molecular formula is C17H19NO5S2. The second-order valence-electron chi connectivity index (χ2n) is 5.70. The molecule has 6 nitrogen and oxygen atoms in total. The average molecular weight is 381 g/mol. The number of sulfone groups is 1. The largest absolute Gasteiger partial charge is 0.465 e. The summed E-state index contributed by atoms with van der Waals surface area (Å²) in [5.41, 5.74) is 1.95. The van der Waals surface area contributed by atoms with Gasteiger partial charge in [0.05, 0.1) is 18.4 Å². The Hall–Kier alpha value is -2.19. The van der Waals surface area contributed by atoms with Gasteiger partial charge in [-0.2, -0.15) is 0 Å². The van der Waals surface area contributed by atoms with Crippen molar-refractivity contribution in [3.05, 3.63) is 51.4 Å². The molecule has 1 aromatic heterocycles. The van der Waals surface area contributed by atoms with Crippen LogP contribution in [-0.4, -0.2) is 33.7 Å². The molecular weight excluding hydrogens is 362 g/mol. The minimum atomic E-state index is -3.19. The Kier molecular flexibility index (Phi) is 5.64. The zero-order valence-electron chi connectivity index (χ0n) is 14.4. The van der Waals surface area contributed by atoms with Crippen LogP contribution in [0.3, 0.4) is 0 Å². The SMILES string of the molecule is COC(=O)c1c(NC(=O)c2cccc(CS(C)(=O)=O)c2)sc(C)c1C. The van der Waals surface area contributed by atoms with Crippen LogP contribution in [0.25, 0.3) is 0 Å². The average Bonchev–Trinajstić information content (AvgIpc) is 2.79. The van der Waals surface area contributed by atoms with Crippen LogP contribution in [-0.2, 0) is 20.3 Å². The van der Waals surface area contributed by atoms with E-state index in [9.17, 15) is 18.0 Å². The van der Waals surface area contributed by atoms with Gasteiger partial charge in [0.15, 0.2) is 9.84 Å². The predicted octanol–water partition coefficient (Wildman–Crippen LogP) is 2.95. The fourth-order valence-electron chi connectivity index (χ4n) is 2.34. The maximum atomic E-state index is 12.5. The van der Waals surface area contributed by atoms with Crippen LogP contribution >= 0.6 is 11.3 Å². The normalized spacial score (nSPS) is 11.2. The number of hydrogen-bond acceptors (Lipinski definition) is 6. The van der Waals surface area contributed by atoms with E-state index in [2.05, 4.69) is 5.32 Å². The molecule has 0 aliphatic rings. The van der Waals surface area contributed by atoms with Gasteiger partial charge in [-0.25, -0.2) is 13.2 Å². The number of carbonyl (C=O) groups is 2. The summed E-state index contributed by atoms with van der Waals surface area (Å²) in [6.07, 6.45) is 1.14. The molecule has 1 aromatic carbocycles. The number of amides is 1. The van der Waals surface area contributed by atoms with Gasteiger partial charge in [-0.15, -0.1) is 11.3 Å². The Labute approximate surface area is 150 Å². The maximum Gasteiger partial charge on any atom is 0.341 e. The van der Waals surface area contributed by atoms with E-state index in [4.69, 9.17) is 4.74 Å². The van der Waals surface area contributed by atoms with Gasteiger partial charge in [-0.05, 0) is 37.1 Å². The van der Waals surface area contributed by atoms with Crippen LogP contribution in [0.5, 0.6) is 0 Å². The smallest absolute Gasteiger partial charge is 0.341 e. The highest BCUT2D eigenvalue weighted by Crippen LogP contribution is 2.33. The molecule has 0 radical (unpaired) electrons. The van der Waals surface area contributed by atoms with Gasteiger partial charge < -0.3 is 10.1 Å². The summed E-state index contributed by atoms with van der Waals surface area (Å²) in [6, 6.07) is 6.40. The van der Waals surface area contributed by atoms with E-state index in [0.29, 0.717) is 21.7 Å². The summed E-state index contributed by atoms with van der Waals surface area (Å²) in [7, 11) is -1.91. The molecule has 2 rings (SSSR count). The first-order chi connectivity index (χ1) is 11.6. The summed E-state index contributed by atoms with van der Waals surface area (Å²) >= 11 is 1.29. The van der Waals surface area contributed by atoms with E-state index in [1.165, 1.54) is 24.5 Å². The lowest BCUT2D eigenvalue weighted by Crippen LogP contribution is -2.14. The molecule has 0 aliphatic heterocycles. The van der Waals surface area contributed by atoms with Crippen molar-refractivity contribution in [3.63, 3.8) is 0 Å². The van der Waals surface area contributed by atoms with E-state index in [1.807, 2.05) is 6.92 Å². The van der Waals surface area contributed by atoms with Crippen molar-refractivity contribution >= 4 is 38.1 Å². The summed E-state index contributed by atoms with van der Waals surface area (Å²) in [4.78, 5) is 25.4. The number of ether oxygens (including phenoxy) is 1. The third-order valence-corrected chi connectivity index (χ3v) is 5.60. The summed E-state index contributed by atoms with van der Waals surface area (Å²) in [6.45, 7) is 3.65. The fourth-order valence-corrected chi connectivity index (χ4v) is 4.17. The van der Waals surface area contributed by atoms with Crippen LogP contribution < -0.4 is 5.32 Å². The zero-order valence-corrected chi connectivity index (χ0v) is 16.0. The van der Waals surface area contributed by atoms with Gasteiger partial charge in [-0.3, -0.25) is 4.79 Å². The molecule has 0 unspecified atom stereocenters. The molecule has 1 amide bonds. The standard InChI is InChI=1S/C17H19NO5S2/c1-10-11(2)24-16(14(10)17(20)23-3)18-15(19)13-7-5-6-12(8-13)9-25(4,21)22/h5-8H,9H2,1-4H3,(H,18,19). The zero-order chi connectivity index (χ0) is 18.8. The first kappa shape index (κ1) is 19.1. The van der Waals surface area contributed by atoms with Crippen LogP contribution in [0.1, 0.15) is 36.7 Å². The third kappa shape index (κ3) is 4.67. The number of esters is 1. The van der Waals surface area contributed by atoms with Gasteiger partial charge in [0.25, 0.3) is 5.91 Å². The van der Waals surface area contributed by atoms with Crippen molar-refractivity contribution in [2.24, 2.45) is 0 Å². The molecule has 0 saturated heterocycles. The van der Waals surface area contributed by atoms with Crippen molar-refractivity contribution in [1.29, 1.82) is 0 Å². The number of methoxy groups -OCH3 is 1. The second-order valence-corrected chi connectivity index (χ2v) is 9.07. The van der Waals surface area contributed by atoms with Gasteiger partial charge in [0.2, 0.25) is 0 Å². The van der Waals surface area contributed by atoms with Crippen molar-refractivity contribution in [2.45, 2.75) is 19.6 Å². The Morgan fingerprint density at radius 1 is 1.24 bits per heavy atom. The topological polar surface area (TPSA) is 89.5 Å². The van der Waals surface area contributed by atoms with E-state index in [0.717, 1.165) is 16.7 Å². The van der Waals surface area contributed by atoms with Gasteiger partial charge in [-0.1, -0.05) is 12.1 Å².